The van der Waals surface area contributed by atoms with Crippen LogP contribution in [-0.2, 0) is 25.6 Å². The molecule has 1 aromatic carbocycles. The quantitative estimate of drug-likeness (QED) is 0.344. The van der Waals surface area contributed by atoms with Crippen molar-refractivity contribution in [3.63, 3.8) is 0 Å². The topological polar surface area (TPSA) is 158 Å². The number of hydrogen-bond acceptors (Lipinski definition) is 5. The number of benzene rings is 1. The average molecular weight is 472 g/mol. The number of carbonyl (C=O) groups excluding carboxylic acids is 3. The van der Waals surface area contributed by atoms with E-state index in [4.69, 9.17) is 5.73 Å². The highest BCUT2D eigenvalue weighted by Gasteiger charge is 2.39. The molecule has 0 radical (unpaired) electrons. The van der Waals surface area contributed by atoms with E-state index >= 15 is 0 Å². The smallest absolute Gasteiger partial charge is 0.326 e. The van der Waals surface area contributed by atoms with Gasteiger partial charge in [0.05, 0.1) is 6.54 Å². The van der Waals surface area contributed by atoms with Crippen LogP contribution in [0.5, 0.6) is 0 Å². The molecule has 2 aromatic rings. The molecule has 34 heavy (non-hydrogen) atoms. The molecule has 184 valence electrons. The molecule has 3 amide bonds. The van der Waals surface area contributed by atoms with E-state index in [2.05, 4.69) is 15.6 Å². The number of nitrogens with two attached hydrogens (primary N) is 1. The minimum absolute atomic E-state index is 0.199. The average Bonchev–Trinajstić information content (AvgIpc) is 3.48. The molecule has 3 rings (SSSR count). The summed E-state index contributed by atoms with van der Waals surface area (Å²) in [5.74, 6) is -2.70. The van der Waals surface area contributed by atoms with Gasteiger partial charge in [0, 0.05) is 30.1 Å². The van der Waals surface area contributed by atoms with Crippen LogP contribution in [-0.4, -0.2) is 69.9 Å². The summed E-state index contributed by atoms with van der Waals surface area (Å²) in [7, 11) is 0. The molecule has 1 aliphatic heterocycles. The number of carbonyl (C=O) groups is 4. The molecule has 6 N–H and O–H groups in total. The number of carboxylic acids is 1. The minimum atomic E-state index is -1.05. The van der Waals surface area contributed by atoms with Crippen LogP contribution in [0.2, 0.25) is 0 Å². The number of aliphatic carboxylic acids is 1. The van der Waals surface area contributed by atoms with Crippen LogP contribution in [0.15, 0.2) is 30.5 Å². The lowest BCUT2D eigenvalue weighted by Gasteiger charge is -2.31. The number of hydrogen-bond donors (Lipinski definition) is 5. The van der Waals surface area contributed by atoms with Crippen molar-refractivity contribution in [2.24, 2.45) is 11.7 Å². The molecule has 4 unspecified atom stereocenters. The van der Waals surface area contributed by atoms with Crippen molar-refractivity contribution in [3.8, 4) is 0 Å². The van der Waals surface area contributed by atoms with Crippen LogP contribution in [0.4, 0.5) is 0 Å². The van der Waals surface area contributed by atoms with Gasteiger partial charge in [0.1, 0.15) is 18.1 Å². The number of nitrogens with zero attached hydrogens (tertiary/aromatic N) is 1. The number of rotatable bonds is 10. The number of aromatic amines is 1. The number of carboxylic acid groups (broad SMARTS) is 1. The van der Waals surface area contributed by atoms with Gasteiger partial charge in [-0.15, -0.1) is 0 Å². The fourth-order valence-corrected chi connectivity index (χ4v) is 4.39. The zero-order chi connectivity index (χ0) is 24.8. The van der Waals surface area contributed by atoms with Gasteiger partial charge < -0.3 is 31.4 Å². The summed E-state index contributed by atoms with van der Waals surface area (Å²) >= 11 is 0. The van der Waals surface area contributed by atoms with Crippen molar-refractivity contribution < 1.29 is 24.3 Å². The predicted molar refractivity (Wildman–Crippen MR) is 127 cm³/mol. The summed E-state index contributed by atoms with van der Waals surface area (Å²) in [5.41, 5.74) is 7.21. The van der Waals surface area contributed by atoms with Crippen molar-refractivity contribution in [2.75, 3.05) is 13.1 Å². The molecule has 0 spiro atoms. The summed E-state index contributed by atoms with van der Waals surface area (Å²) < 4.78 is 0. The largest absolute Gasteiger partial charge is 0.480 e. The van der Waals surface area contributed by atoms with Gasteiger partial charge in [-0.3, -0.25) is 14.4 Å². The monoisotopic (exact) mass is 471 g/mol. The second kappa shape index (κ2) is 11.1. The molecule has 4 atom stereocenters. The Labute approximate surface area is 198 Å². The van der Waals surface area contributed by atoms with Crippen LogP contribution in [0, 0.1) is 5.92 Å². The first-order chi connectivity index (χ1) is 16.3. The number of likely N-dealkylation sites (tertiary alicyclic amines) is 1. The van der Waals surface area contributed by atoms with Crippen molar-refractivity contribution in [1.82, 2.24) is 20.5 Å². The highest BCUT2D eigenvalue weighted by Crippen LogP contribution is 2.22. The SMILES string of the molecule is CCC(C)C(NC(=O)C(Cc1c[nH]c2ccccc12)NC(=O)CN)C(=O)N1CCCC1C(=O)O. The van der Waals surface area contributed by atoms with Gasteiger partial charge in [-0.2, -0.15) is 0 Å². The second-order valence-electron chi connectivity index (χ2n) is 8.79. The van der Waals surface area contributed by atoms with E-state index in [1.807, 2.05) is 38.1 Å². The normalized spacial score (nSPS) is 18.3. The van der Waals surface area contributed by atoms with Gasteiger partial charge in [-0.25, -0.2) is 4.79 Å². The lowest BCUT2D eigenvalue weighted by Crippen LogP contribution is -2.58. The molecule has 0 aliphatic carbocycles. The Kier molecular flexibility index (Phi) is 8.27. The highest BCUT2D eigenvalue weighted by molar-refractivity contribution is 5.94. The fraction of sp³-hybridized carbons (Fsp3) is 0.500. The number of para-hydroxylation sites is 1. The van der Waals surface area contributed by atoms with Crippen LogP contribution in [0.1, 0.15) is 38.7 Å². The number of fused-ring (bicyclic) bond motifs is 1. The first-order valence-corrected chi connectivity index (χ1v) is 11.6. The van der Waals surface area contributed by atoms with E-state index in [9.17, 15) is 24.3 Å². The van der Waals surface area contributed by atoms with E-state index in [0.29, 0.717) is 25.8 Å². The zero-order valence-electron chi connectivity index (χ0n) is 19.5. The predicted octanol–water partition coefficient (Wildman–Crippen LogP) is 0.760. The molecule has 0 bridgehead atoms. The Morgan fingerprint density at radius 2 is 1.97 bits per heavy atom. The number of aromatic nitrogens is 1. The number of nitrogens with one attached hydrogen (secondary N) is 3. The standard InChI is InChI=1S/C24H33N5O5/c1-3-14(2)21(23(32)29-10-6-9-19(29)24(33)34)28-22(31)18(27-20(30)12-25)11-15-13-26-17-8-5-4-7-16(15)17/h4-5,7-8,13-14,18-19,21,26H,3,6,9-12,25H2,1-2H3,(H,27,30)(H,28,31)(H,33,34). The summed E-state index contributed by atoms with van der Waals surface area (Å²) in [6, 6.07) is 4.87. The lowest BCUT2D eigenvalue weighted by molar-refractivity contribution is -0.150. The third-order valence-electron chi connectivity index (χ3n) is 6.53. The maximum Gasteiger partial charge on any atom is 0.326 e. The summed E-state index contributed by atoms with van der Waals surface area (Å²) in [4.78, 5) is 54.9. The maximum atomic E-state index is 13.4. The number of H-pyrrole nitrogens is 1. The zero-order valence-corrected chi connectivity index (χ0v) is 19.5. The molecule has 1 aliphatic rings. The van der Waals surface area contributed by atoms with Gasteiger partial charge in [-0.05, 0) is 30.4 Å². The Morgan fingerprint density at radius 1 is 1.24 bits per heavy atom. The highest BCUT2D eigenvalue weighted by atomic mass is 16.4. The third-order valence-corrected chi connectivity index (χ3v) is 6.53. The second-order valence-corrected chi connectivity index (χ2v) is 8.79. The van der Waals surface area contributed by atoms with Crippen LogP contribution >= 0.6 is 0 Å². The van der Waals surface area contributed by atoms with E-state index in [1.165, 1.54) is 4.90 Å². The van der Waals surface area contributed by atoms with Gasteiger partial charge in [0.2, 0.25) is 17.7 Å². The van der Waals surface area contributed by atoms with Crippen LogP contribution < -0.4 is 16.4 Å². The summed E-state index contributed by atoms with van der Waals surface area (Å²) in [6.07, 6.45) is 3.57. The van der Waals surface area contributed by atoms with Gasteiger partial charge >= 0.3 is 5.97 Å². The Balaban J connectivity index is 1.83. The molecule has 10 heteroatoms. The van der Waals surface area contributed by atoms with Crippen molar-refractivity contribution in [2.45, 2.75) is 57.7 Å². The van der Waals surface area contributed by atoms with Crippen molar-refractivity contribution >= 4 is 34.6 Å². The molecular formula is C24H33N5O5. The Bertz CT molecular complexity index is 1050. The van der Waals surface area contributed by atoms with Gasteiger partial charge in [0.15, 0.2) is 0 Å². The van der Waals surface area contributed by atoms with Gasteiger partial charge in [0.25, 0.3) is 0 Å². The van der Waals surface area contributed by atoms with Crippen LogP contribution in [0.3, 0.4) is 0 Å². The van der Waals surface area contributed by atoms with Crippen molar-refractivity contribution in [3.05, 3.63) is 36.0 Å². The molecule has 1 aromatic heterocycles. The molecule has 2 heterocycles. The van der Waals surface area contributed by atoms with Gasteiger partial charge in [-0.1, -0.05) is 38.5 Å². The van der Waals surface area contributed by atoms with E-state index < -0.39 is 41.8 Å². The molecular weight excluding hydrogens is 438 g/mol. The van der Waals surface area contributed by atoms with E-state index in [1.54, 1.807) is 6.20 Å². The summed E-state index contributed by atoms with van der Waals surface area (Å²) in [5, 5.41) is 15.9. The lowest BCUT2D eigenvalue weighted by atomic mass is 9.96. The molecule has 1 fully saturated rings. The molecule has 1 saturated heterocycles. The fourth-order valence-electron chi connectivity index (χ4n) is 4.39. The van der Waals surface area contributed by atoms with Crippen LogP contribution in [0.25, 0.3) is 10.9 Å². The molecule has 10 nitrogen and oxygen atoms in total. The minimum Gasteiger partial charge on any atom is -0.480 e. The van der Waals surface area contributed by atoms with E-state index in [-0.39, 0.29) is 18.9 Å². The Morgan fingerprint density at radius 3 is 2.65 bits per heavy atom. The van der Waals surface area contributed by atoms with E-state index in [0.717, 1.165) is 16.5 Å². The van der Waals surface area contributed by atoms with Crippen molar-refractivity contribution in [1.29, 1.82) is 0 Å². The third kappa shape index (κ3) is 5.56. The maximum absolute atomic E-state index is 13.4. The molecule has 0 saturated carbocycles. The Hall–Kier alpha value is -3.40. The first-order valence-electron chi connectivity index (χ1n) is 11.6. The summed E-state index contributed by atoms with van der Waals surface area (Å²) in [6.45, 7) is 3.79. The first kappa shape index (κ1) is 25.2. The number of amides is 3.